The zero-order chi connectivity index (χ0) is 12.1. The zero-order valence-corrected chi connectivity index (χ0v) is 11.3. The van der Waals surface area contributed by atoms with Gasteiger partial charge in [-0.25, -0.2) is 4.79 Å². The van der Waals surface area contributed by atoms with Crippen molar-refractivity contribution < 1.29 is 9.53 Å². The van der Waals surface area contributed by atoms with Crippen LogP contribution in [0.15, 0.2) is 28.7 Å². The highest BCUT2D eigenvalue weighted by Gasteiger charge is 2.12. The summed E-state index contributed by atoms with van der Waals surface area (Å²) in [5.41, 5.74) is 0.980. The molecule has 88 valence electrons. The largest absolute Gasteiger partial charge is 0.445 e. The molecule has 3 nitrogen and oxygen atoms in total. The normalized spacial score (nSPS) is 10.3. The summed E-state index contributed by atoms with van der Waals surface area (Å²) in [5.74, 6) is 0. The van der Waals surface area contributed by atoms with Crippen molar-refractivity contribution in [2.24, 2.45) is 0 Å². The van der Waals surface area contributed by atoms with Gasteiger partial charge in [-0.2, -0.15) is 0 Å². The third-order valence-electron chi connectivity index (χ3n) is 2.34. The number of nitrogens with zero attached hydrogens (tertiary/aromatic N) is 1. The monoisotopic (exact) mass is 285 g/mol. The van der Waals surface area contributed by atoms with E-state index in [0.717, 1.165) is 10.0 Å². The fourth-order valence-corrected chi connectivity index (χ4v) is 1.30. The number of halogens is 1. The molecule has 1 amide bonds. The Hall–Kier alpha value is -1.03. The molecule has 0 spiro atoms. The van der Waals surface area contributed by atoms with Crippen LogP contribution in [0.3, 0.4) is 0 Å². The zero-order valence-electron chi connectivity index (χ0n) is 9.74. The van der Waals surface area contributed by atoms with Gasteiger partial charge in [0, 0.05) is 17.6 Å². The predicted octanol–water partition coefficient (Wildman–Crippen LogP) is 3.43. The molecule has 4 heteroatoms. The van der Waals surface area contributed by atoms with E-state index in [1.807, 2.05) is 38.1 Å². The van der Waals surface area contributed by atoms with Gasteiger partial charge < -0.3 is 9.64 Å². The minimum absolute atomic E-state index is 0.150. The van der Waals surface area contributed by atoms with E-state index in [4.69, 9.17) is 4.74 Å². The van der Waals surface area contributed by atoms with Crippen molar-refractivity contribution in [2.45, 2.75) is 26.5 Å². The Bertz CT molecular complexity index is 349. The quantitative estimate of drug-likeness (QED) is 0.852. The lowest BCUT2D eigenvalue weighted by Gasteiger charge is -2.20. The number of amides is 1. The van der Waals surface area contributed by atoms with Crippen molar-refractivity contribution in [1.29, 1.82) is 0 Å². The van der Waals surface area contributed by atoms with Crippen molar-refractivity contribution in [3.05, 3.63) is 34.3 Å². The van der Waals surface area contributed by atoms with Crippen LogP contribution in [0.4, 0.5) is 4.79 Å². The summed E-state index contributed by atoms with van der Waals surface area (Å²) in [6, 6.07) is 7.85. The number of hydrogen-bond acceptors (Lipinski definition) is 2. The fraction of sp³-hybridized carbons (Fsp3) is 0.417. The predicted molar refractivity (Wildman–Crippen MR) is 67.2 cm³/mol. The Morgan fingerprint density at radius 2 is 1.94 bits per heavy atom. The van der Waals surface area contributed by atoms with Crippen LogP contribution in [-0.4, -0.2) is 24.1 Å². The van der Waals surface area contributed by atoms with Gasteiger partial charge in [0.05, 0.1) is 0 Å². The number of ether oxygens (including phenoxy) is 1. The Morgan fingerprint density at radius 1 is 1.38 bits per heavy atom. The molecule has 0 fully saturated rings. The summed E-state index contributed by atoms with van der Waals surface area (Å²) < 4.78 is 6.18. The first-order valence-corrected chi connectivity index (χ1v) is 5.94. The summed E-state index contributed by atoms with van der Waals surface area (Å²) in [4.78, 5) is 13.1. The average molecular weight is 286 g/mol. The van der Waals surface area contributed by atoms with E-state index >= 15 is 0 Å². The molecule has 0 saturated carbocycles. The smallest absolute Gasteiger partial charge is 0.410 e. The maximum absolute atomic E-state index is 11.5. The SMILES string of the molecule is CC(C)N(C)C(=O)OCc1ccc(Br)cc1. The molecule has 0 aliphatic heterocycles. The molecular weight excluding hydrogens is 270 g/mol. The molecule has 0 heterocycles. The van der Waals surface area contributed by atoms with Gasteiger partial charge in [-0.1, -0.05) is 28.1 Å². The number of carbonyl (C=O) groups is 1. The van der Waals surface area contributed by atoms with Gasteiger partial charge in [0.2, 0.25) is 0 Å². The third-order valence-corrected chi connectivity index (χ3v) is 2.87. The van der Waals surface area contributed by atoms with Crippen LogP contribution in [-0.2, 0) is 11.3 Å². The highest BCUT2D eigenvalue weighted by atomic mass is 79.9. The van der Waals surface area contributed by atoms with E-state index in [1.54, 1.807) is 11.9 Å². The number of hydrogen-bond donors (Lipinski definition) is 0. The Morgan fingerprint density at radius 3 is 2.44 bits per heavy atom. The molecule has 0 radical (unpaired) electrons. The van der Waals surface area contributed by atoms with Gasteiger partial charge >= 0.3 is 6.09 Å². The van der Waals surface area contributed by atoms with Crippen molar-refractivity contribution in [3.8, 4) is 0 Å². The summed E-state index contributed by atoms with van der Waals surface area (Å²) in [6.07, 6.45) is -0.294. The van der Waals surface area contributed by atoms with Crippen molar-refractivity contribution in [1.82, 2.24) is 4.90 Å². The Balaban J connectivity index is 2.46. The lowest BCUT2D eigenvalue weighted by Crippen LogP contribution is -2.33. The number of benzene rings is 1. The Labute approximate surface area is 105 Å². The molecule has 16 heavy (non-hydrogen) atoms. The number of rotatable bonds is 3. The Kier molecular flexibility index (Phi) is 4.80. The molecule has 0 saturated heterocycles. The van der Waals surface area contributed by atoms with E-state index in [0.29, 0.717) is 6.61 Å². The maximum Gasteiger partial charge on any atom is 0.410 e. The van der Waals surface area contributed by atoms with E-state index in [1.165, 1.54) is 0 Å². The van der Waals surface area contributed by atoms with Crippen LogP contribution in [0.2, 0.25) is 0 Å². The van der Waals surface area contributed by atoms with Crippen molar-refractivity contribution >= 4 is 22.0 Å². The van der Waals surface area contributed by atoms with E-state index in [2.05, 4.69) is 15.9 Å². The van der Waals surface area contributed by atoms with Crippen LogP contribution in [0.5, 0.6) is 0 Å². The highest BCUT2D eigenvalue weighted by molar-refractivity contribution is 9.10. The number of carbonyl (C=O) groups excluding carboxylic acids is 1. The lowest BCUT2D eigenvalue weighted by atomic mass is 10.2. The van der Waals surface area contributed by atoms with Gasteiger partial charge in [0.1, 0.15) is 6.61 Å². The van der Waals surface area contributed by atoms with E-state index < -0.39 is 0 Å². The highest BCUT2D eigenvalue weighted by Crippen LogP contribution is 2.11. The van der Waals surface area contributed by atoms with Crippen LogP contribution >= 0.6 is 15.9 Å². The summed E-state index contributed by atoms with van der Waals surface area (Å²) in [6.45, 7) is 4.20. The molecule has 0 unspecified atom stereocenters. The second-order valence-corrected chi connectivity index (χ2v) is 4.80. The lowest BCUT2D eigenvalue weighted by molar-refractivity contribution is 0.0960. The minimum Gasteiger partial charge on any atom is -0.445 e. The van der Waals surface area contributed by atoms with Crippen molar-refractivity contribution in [3.63, 3.8) is 0 Å². The topological polar surface area (TPSA) is 29.5 Å². The average Bonchev–Trinajstić information content (AvgIpc) is 2.26. The van der Waals surface area contributed by atoms with Crippen molar-refractivity contribution in [2.75, 3.05) is 7.05 Å². The summed E-state index contributed by atoms with van der Waals surface area (Å²) >= 11 is 3.35. The third kappa shape index (κ3) is 3.85. The molecule has 0 bridgehead atoms. The van der Waals surface area contributed by atoms with E-state index in [-0.39, 0.29) is 12.1 Å². The first-order valence-electron chi connectivity index (χ1n) is 5.14. The van der Waals surface area contributed by atoms with Gasteiger partial charge in [-0.15, -0.1) is 0 Å². The molecule has 0 aliphatic carbocycles. The van der Waals surface area contributed by atoms with Crippen LogP contribution < -0.4 is 0 Å². The van der Waals surface area contributed by atoms with Crippen LogP contribution in [0.25, 0.3) is 0 Å². The molecule has 1 rings (SSSR count). The second kappa shape index (κ2) is 5.89. The maximum atomic E-state index is 11.5. The van der Waals surface area contributed by atoms with Gasteiger partial charge in [0.25, 0.3) is 0 Å². The van der Waals surface area contributed by atoms with E-state index in [9.17, 15) is 4.79 Å². The van der Waals surface area contributed by atoms with Crippen LogP contribution in [0.1, 0.15) is 19.4 Å². The second-order valence-electron chi connectivity index (χ2n) is 3.89. The molecule has 1 aromatic carbocycles. The fourth-order valence-electron chi connectivity index (χ4n) is 1.04. The summed E-state index contributed by atoms with van der Waals surface area (Å²) in [5, 5.41) is 0. The minimum atomic E-state index is -0.294. The van der Waals surface area contributed by atoms with Gasteiger partial charge in [0.15, 0.2) is 0 Å². The van der Waals surface area contributed by atoms with Gasteiger partial charge in [-0.05, 0) is 31.5 Å². The standard InChI is InChI=1S/C12H16BrNO2/c1-9(2)14(3)12(15)16-8-10-4-6-11(13)7-5-10/h4-7,9H,8H2,1-3H3. The molecule has 0 atom stereocenters. The first kappa shape index (κ1) is 13.0. The van der Waals surface area contributed by atoms with Gasteiger partial charge in [-0.3, -0.25) is 0 Å². The first-order chi connectivity index (χ1) is 7.50. The molecule has 0 aliphatic rings. The molecule has 1 aromatic rings. The van der Waals surface area contributed by atoms with Crippen LogP contribution in [0, 0.1) is 0 Å². The molecule has 0 N–H and O–H groups in total. The summed E-state index contributed by atoms with van der Waals surface area (Å²) in [7, 11) is 1.73. The molecule has 0 aromatic heterocycles. The molecular formula is C12H16BrNO2.